The van der Waals surface area contributed by atoms with Crippen LogP contribution in [-0.2, 0) is 11.3 Å². The summed E-state index contributed by atoms with van der Waals surface area (Å²) in [5.74, 6) is 1.30. The van der Waals surface area contributed by atoms with E-state index in [9.17, 15) is 4.79 Å². The van der Waals surface area contributed by atoms with Crippen molar-refractivity contribution in [1.29, 1.82) is 0 Å². The molecule has 2 aromatic rings. The van der Waals surface area contributed by atoms with Gasteiger partial charge in [-0.1, -0.05) is 38.8 Å². The average Bonchev–Trinajstić information content (AvgIpc) is 2.86. The van der Waals surface area contributed by atoms with Gasteiger partial charge in [-0.25, -0.2) is 0 Å². The Bertz CT molecular complexity index is 676. The highest BCUT2D eigenvalue weighted by Crippen LogP contribution is 2.29. The number of nitrogens with one attached hydrogen (secondary N) is 1. The summed E-state index contributed by atoms with van der Waals surface area (Å²) in [7, 11) is 0. The number of nitrogens with zero attached hydrogens (tertiary/aromatic N) is 2. The molecule has 0 saturated heterocycles. The predicted molar refractivity (Wildman–Crippen MR) is 88.6 cm³/mol. The average molecular weight is 299 g/mol. The van der Waals surface area contributed by atoms with E-state index in [1.807, 2.05) is 6.20 Å². The Morgan fingerprint density at radius 2 is 2.18 bits per heavy atom. The smallest absolute Gasteiger partial charge is 0.241 e. The molecule has 1 amide bonds. The Morgan fingerprint density at radius 3 is 3.00 bits per heavy atom. The van der Waals surface area contributed by atoms with Crippen molar-refractivity contribution in [3.8, 4) is 0 Å². The van der Waals surface area contributed by atoms with Crippen molar-refractivity contribution in [2.75, 3.05) is 0 Å². The van der Waals surface area contributed by atoms with Gasteiger partial charge in [-0.05, 0) is 36.8 Å². The summed E-state index contributed by atoms with van der Waals surface area (Å²) < 4.78 is 1.80. The molecule has 1 aromatic carbocycles. The monoisotopic (exact) mass is 299 g/mol. The van der Waals surface area contributed by atoms with E-state index in [0.717, 1.165) is 17.3 Å². The van der Waals surface area contributed by atoms with Crippen molar-refractivity contribution < 1.29 is 4.79 Å². The molecule has 118 valence electrons. The normalized spacial score (nSPS) is 25.3. The molecular formula is C18H25N3O. The molecule has 4 heteroatoms. The van der Waals surface area contributed by atoms with Crippen LogP contribution in [0, 0.1) is 18.8 Å². The first-order valence-electron chi connectivity index (χ1n) is 8.26. The van der Waals surface area contributed by atoms with E-state index in [0.29, 0.717) is 24.4 Å². The molecule has 1 fully saturated rings. The van der Waals surface area contributed by atoms with Gasteiger partial charge in [0, 0.05) is 11.4 Å². The van der Waals surface area contributed by atoms with Crippen LogP contribution in [0.25, 0.3) is 10.9 Å². The summed E-state index contributed by atoms with van der Waals surface area (Å²) in [6, 6.07) is 6.51. The highest BCUT2D eigenvalue weighted by molar-refractivity contribution is 5.82. The summed E-state index contributed by atoms with van der Waals surface area (Å²) in [4.78, 5) is 12.4. The molecule has 1 aliphatic rings. The number of carbonyl (C=O) groups is 1. The van der Waals surface area contributed by atoms with Gasteiger partial charge in [0.15, 0.2) is 0 Å². The lowest BCUT2D eigenvalue weighted by molar-refractivity contribution is -0.123. The molecule has 3 rings (SSSR count). The Balaban J connectivity index is 1.69. The fourth-order valence-electron chi connectivity index (χ4n) is 3.48. The van der Waals surface area contributed by atoms with Crippen LogP contribution < -0.4 is 5.32 Å². The van der Waals surface area contributed by atoms with Crippen LogP contribution in [0.5, 0.6) is 0 Å². The van der Waals surface area contributed by atoms with Crippen LogP contribution in [0.4, 0.5) is 0 Å². The molecule has 1 saturated carbocycles. The fraction of sp³-hybridized carbons (Fsp3) is 0.556. The summed E-state index contributed by atoms with van der Waals surface area (Å²) in [6.07, 6.45) is 5.40. The van der Waals surface area contributed by atoms with Gasteiger partial charge in [-0.15, -0.1) is 0 Å². The van der Waals surface area contributed by atoms with Gasteiger partial charge in [0.2, 0.25) is 5.91 Å². The molecule has 22 heavy (non-hydrogen) atoms. The van der Waals surface area contributed by atoms with E-state index in [-0.39, 0.29) is 5.91 Å². The number of amides is 1. The number of carbonyl (C=O) groups excluding carboxylic acids is 1. The second-order valence-corrected chi connectivity index (χ2v) is 6.81. The zero-order valence-electron chi connectivity index (χ0n) is 13.7. The van der Waals surface area contributed by atoms with Gasteiger partial charge in [0.1, 0.15) is 6.54 Å². The number of fused-ring (bicyclic) bond motifs is 1. The third-order valence-electron chi connectivity index (χ3n) is 5.15. The number of benzene rings is 1. The minimum absolute atomic E-state index is 0.0671. The van der Waals surface area contributed by atoms with E-state index in [4.69, 9.17) is 0 Å². The molecule has 1 heterocycles. The third kappa shape index (κ3) is 3.01. The zero-order chi connectivity index (χ0) is 15.7. The number of hydrogen-bond acceptors (Lipinski definition) is 2. The lowest BCUT2D eigenvalue weighted by atomic mass is 9.78. The van der Waals surface area contributed by atoms with Crippen molar-refractivity contribution in [2.24, 2.45) is 11.8 Å². The van der Waals surface area contributed by atoms with Crippen molar-refractivity contribution in [2.45, 2.75) is 52.6 Å². The summed E-state index contributed by atoms with van der Waals surface area (Å²) in [5, 5.41) is 8.66. The summed E-state index contributed by atoms with van der Waals surface area (Å²) in [6.45, 7) is 6.89. The zero-order valence-corrected chi connectivity index (χ0v) is 13.7. The van der Waals surface area contributed by atoms with Crippen molar-refractivity contribution >= 4 is 16.8 Å². The molecular weight excluding hydrogens is 274 g/mol. The Kier molecular flexibility index (Phi) is 4.19. The first-order chi connectivity index (χ1) is 10.5. The minimum atomic E-state index is 0.0671. The number of hydrogen-bond donors (Lipinski definition) is 1. The maximum Gasteiger partial charge on any atom is 0.241 e. The molecule has 4 nitrogen and oxygen atoms in total. The van der Waals surface area contributed by atoms with Crippen LogP contribution >= 0.6 is 0 Å². The molecule has 0 radical (unpaired) electrons. The number of aryl methyl sites for hydroxylation is 1. The molecule has 3 atom stereocenters. The Labute approximate surface area is 131 Å². The highest BCUT2D eigenvalue weighted by atomic mass is 16.2. The largest absolute Gasteiger partial charge is 0.351 e. The van der Waals surface area contributed by atoms with E-state index in [1.165, 1.54) is 18.4 Å². The molecule has 1 aromatic heterocycles. The summed E-state index contributed by atoms with van der Waals surface area (Å²) in [5.41, 5.74) is 2.21. The van der Waals surface area contributed by atoms with Crippen LogP contribution in [0.3, 0.4) is 0 Å². The standard InChI is InChI=1S/C18H25N3O/c1-12-7-8-15-10-19-21(17(15)9-12)11-18(22)20-16-6-4-5-13(2)14(16)3/h7-10,13-14,16H,4-6,11H2,1-3H3,(H,20,22)/t13-,14-,16-/m1/s1. The number of rotatable bonds is 3. The summed E-state index contributed by atoms with van der Waals surface area (Å²) >= 11 is 0. The molecule has 0 bridgehead atoms. The second kappa shape index (κ2) is 6.11. The molecule has 0 unspecified atom stereocenters. The fourth-order valence-corrected chi connectivity index (χ4v) is 3.48. The van der Waals surface area contributed by atoms with E-state index in [1.54, 1.807) is 4.68 Å². The quantitative estimate of drug-likeness (QED) is 0.945. The lowest BCUT2D eigenvalue weighted by Gasteiger charge is -2.34. The maximum absolute atomic E-state index is 12.4. The maximum atomic E-state index is 12.4. The SMILES string of the molecule is Cc1ccc2cnn(CC(=O)N[C@@H]3CCC[C@@H](C)[C@H]3C)c2c1. The first kappa shape index (κ1) is 15.1. The van der Waals surface area contributed by atoms with Crippen molar-refractivity contribution in [3.05, 3.63) is 30.0 Å². The first-order valence-corrected chi connectivity index (χ1v) is 8.26. The number of aromatic nitrogens is 2. The Morgan fingerprint density at radius 1 is 1.36 bits per heavy atom. The predicted octanol–water partition coefficient (Wildman–Crippen LogP) is 3.29. The van der Waals surface area contributed by atoms with Crippen LogP contribution in [0.2, 0.25) is 0 Å². The van der Waals surface area contributed by atoms with Gasteiger partial charge >= 0.3 is 0 Å². The Hall–Kier alpha value is -1.84. The second-order valence-electron chi connectivity index (χ2n) is 6.81. The van der Waals surface area contributed by atoms with E-state index in [2.05, 4.69) is 49.4 Å². The minimum Gasteiger partial charge on any atom is -0.351 e. The highest BCUT2D eigenvalue weighted by Gasteiger charge is 2.28. The topological polar surface area (TPSA) is 46.9 Å². The van der Waals surface area contributed by atoms with Gasteiger partial charge in [0.05, 0.1) is 11.7 Å². The van der Waals surface area contributed by atoms with Gasteiger partial charge < -0.3 is 5.32 Å². The van der Waals surface area contributed by atoms with E-state index < -0.39 is 0 Å². The van der Waals surface area contributed by atoms with Crippen molar-refractivity contribution in [3.63, 3.8) is 0 Å². The molecule has 0 aliphatic heterocycles. The van der Waals surface area contributed by atoms with Crippen molar-refractivity contribution in [1.82, 2.24) is 15.1 Å². The van der Waals surface area contributed by atoms with Gasteiger partial charge in [0.25, 0.3) is 0 Å². The van der Waals surface area contributed by atoms with Crippen LogP contribution in [-0.4, -0.2) is 21.7 Å². The van der Waals surface area contributed by atoms with E-state index >= 15 is 0 Å². The van der Waals surface area contributed by atoms with Gasteiger partial charge in [-0.2, -0.15) is 5.10 Å². The third-order valence-corrected chi connectivity index (χ3v) is 5.15. The lowest BCUT2D eigenvalue weighted by Crippen LogP contribution is -2.44. The van der Waals surface area contributed by atoms with Crippen LogP contribution in [0.15, 0.2) is 24.4 Å². The molecule has 1 aliphatic carbocycles. The van der Waals surface area contributed by atoms with Gasteiger partial charge in [-0.3, -0.25) is 9.48 Å². The molecule has 1 N–H and O–H groups in total. The molecule has 0 spiro atoms. The van der Waals surface area contributed by atoms with Crippen LogP contribution in [0.1, 0.15) is 38.7 Å².